The van der Waals surface area contributed by atoms with Crippen molar-refractivity contribution in [3.8, 4) is 5.69 Å². The Kier molecular flexibility index (Phi) is 5.34. The lowest BCUT2D eigenvalue weighted by atomic mass is 9.99. The number of benzene rings is 1. The average molecular weight is 370 g/mol. The van der Waals surface area contributed by atoms with Crippen LogP contribution >= 0.6 is 0 Å². The van der Waals surface area contributed by atoms with Crippen molar-refractivity contribution in [3.05, 3.63) is 62.1 Å². The van der Waals surface area contributed by atoms with Gasteiger partial charge in [-0.05, 0) is 38.7 Å². The number of para-hydroxylation sites is 2. The molecule has 0 N–H and O–H groups in total. The van der Waals surface area contributed by atoms with Crippen LogP contribution in [0.5, 0.6) is 0 Å². The first-order chi connectivity index (χ1) is 12.9. The summed E-state index contributed by atoms with van der Waals surface area (Å²) in [6, 6.07) is 7.53. The van der Waals surface area contributed by atoms with Gasteiger partial charge in [-0.15, -0.1) is 0 Å². The minimum atomic E-state index is -0.506. The number of amides is 1. The SMILES string of the molecule is CCC1CCCCN1C(=O)c1nn(-c2ccccc2[N+](=O)[O-])c(C)cc1=O. The van der Waals surface area contributed by atoms with Crippen LogP contribution in [0.15, 0.2) is 35.1 Å². The molecule has 1 fully saturated rings. The van der Waals surface area contributed by atoms with Crippen molar-refractivity contribution in [1.29, 1.82) is 0 Å². The summed E-state index contributed by atoms with van der Waals surface area (Å²) < 4.78 is 1.30. The average Bonchev–Trinajstić information content (AvgIpc) is 2.67. The maximum absolute atomic E-state index is 13.0. The summed E-state index contributed by atoms with van der Waals surface area (Å²) in [6.45, 7) is 4.25. The molecule has 1 aromatic carbocycles. The Morgan fingerprint density at radius 2 is 2.07 bits per heavy atom. The molecule has 0 spiro atoms. The van der Waals surface area contributed by atoms with Gasteiger partial charge in [0.1, 0.15) is 5.69 Å². The molecule has 142 valence electrons. The molecule has 8 nitrogen and oxygen atoms in total. The third kappa shape index (κ3) is 3.60. The molecule has 27 heavy (non-hydrogen) atoms. The van der Waals surface area contributed by atoms with E-state index in [2.05, 4.69) is 5.10 Å². The van der Waals surface area contributed by atoms with Crippen LogP contribution < -0.4 is 5.43 Å². The quantitative estimate of drug-likeness (QED) is 0.609. The highest BCUT2D eigenvalue weighted by molar-refractivity contribution is 5.92. The Morgan fingerprint density at radius 1 is 1.33 bits per heavy atom. The van der Waals surface area contributed by atoms with E-state index in [-0.39, 0.29) is 23.1 Å². The Morgan fingerprint density at radius 3 is 2.78 bits per heavy atom. The van der Waals surface area contributed by atoms with Gasteiger partial charge < -0.3 is 4.90 Å². The topological polar surface area (TPSA) is 98.3 Å². The molecule has 1 amide bonds. The molecule has 1 atom stereocenters. The molecule has 3 rings (SSSR count). The van der Waals surface area contributed by atoms with Crippen molar-refractivity contribution in [2.75, 3.05) is 6.54 Å². The number of aryl methyl sites for hydroxylation is 1. The number of hydrogen-bond acceptors (Lipinski definition) is 5. The first kappa shape index (κ1) is 18.8. The lowest BCUT2D eigenvalue weighted by Crippen LogP contribution is -2.45. The largest absolute Gasteiger partial charge is 0.334 e. The number of piperidine rings is 1. The van der Waals surface area contributed by atoms with E-state index in [9.17, 15) is 19.7 Å². The highest BCUT2D eigenvalue weighted by Gasteiger charge is 2.29. The molecule has 0 bridgehead atoms. The van der Waals surface area contributed by atoms with Gasteiger partial charge in [0.25, 0.3) is 11.6 Å². The zero-order chi connectivity index (χ0) is 19.6. The Bertz CT molecular complexity index is 938. The number of carbonyl (C=O) groups excluding carboxylic acids is 1. The van der Waals surface area contributed by atoms with Crippen LogP contribution in [0.1, 0.15) is 48.8 Å². The van der Waals surface area contributed by atoms with Crippen LogP contribution in [0.25, 0.3) is 5.69 Å². The first-order valence-electron chi connectivity index (χ1n) is 9.09. The third-order valence-electron chi connectivity index (χ3n) is 4.98. The number of nitrogens with zero attached hydrogens (tertiary/aromatic N) is 4. The van der Waals surface area contributed by atoms with E-state index in [0.717, 1.165) is 25.7 Å². The lowest BCUT2D eigenvalue weighted by molar-refractivity contribution is -0.384. The summed E-state index contributed by atoms with van der Waals surface area (Å²) in [6.07, 6.45) is 3.68. The van der Waals surface area contributed by atoms with Crippen molar-refractivity contribution in [2.45, 2.75) is 45.6 Å². The van der Waals surface area contributed by atoms with E-state index in [4.69, 9.17) is 0 Å². The van der Waals surface area contributed by atoms with Gasteiger partial charge in [-0.3, -0.25) is 19.7 Å². The fourth-order valence-electron chi connectivity index (χ4n) is 3.57. The second kappa shape index (κ2) is 7.69. The number of hydrogen-bond donors (Lipinski definition) is 0. The van der Waals surface area contributed by atoms with E-state index < -0.39 is 16.3 Å². The van der Waals surface area contributed by atoms with E-state index in [0.29, 0.717) is 12.2 Å². The number of aromatic nitrogens is 2. The standard InChI is InChI=1S/C19H22N4O4/c1-3-14-8-6-7-11-21(14)19(25)18-17(24)12-13(2)22(20-18)15-9-4-5-10-16(15)23(26)27/h4-5,9-10,12,14H,3,6-8,11H2,1-2H3. The molecule has 8 heteroatoms. The van der Waals surface area contributed by atoms with Crippen molar-refractivity contribution < 1.29 is 9.72 Å². The number of nitro benzene ring substituents is 1. The van der Waals surface area contributed by atoms with Crippen LogP contribution in [0.3, 0.4) is 0 Å². The molecule has 1 aromatic heterocycles. The van der Waals surface area contributed by atoms with Gasteiger partial charge in [0.05, 0.1) is 4.92 Å². The van der Waals surface area contributed by atoms with Crippen LogP contribution in [-0.4, -0.2) is 38.1 Å². The van der Waals surface area contributed by atoms with Crippen molar-refractivity contribution in [1.82, 2.24) is 14.7 Å². The summed E-state index contributed by atoms with van der Waals surface area (Å²) in [5, 5.41) is 15.6. The summed E-state index contributed by atoms with van der Waals surface area (Å²) in [7, 11) is 0. The molecule has 2 aromatic rings. The highest BCUT2D eigenvalue weighted by atomic mass is 16.6. The van der Waals surface area contributed by atoms with Crippen LogP contribution in [0.2, 0.25) is 0 Å². The van der Waals surface area contributed by atoms with E-state index >= 15 is 0 Å². The zero-order valence-corrected chi connectivity index (χ0v) is 15.4. The maximum atomic E-state index is 13.0. The summed E-state index contributed by atoms with van der Waals surface area (Å²) in [5.41, 5.74) is -0.150. The van der Waals surface area contributed by atoms with E-state index in [1.54, 1.807) is 30.0 Å². The first-order valence-corrected chi connectivity index (χ1v) is 9.09. The van der Waals surface area contributed by atoms with Gasteiger partial charge in [-0.25, -0.2) is 4.68 Å². The van der Waals surface area contributed by atoms with Crippen molar-refractivity contribution in [3.63, 3.8) is 0 Å². The molecule has 2 heterocycles. The van der Waals surface area contributed by atoms with Gasteiger partial charge in [0, 0.05) is 30.4 Å². The van der Waals surface area contributed by atoms with Crippen molar-refractivity contribution >= 4 is 11.6 Å². The number of carbonyl (C=O) groups is 1. The van der Waals surface area contributed by atoms with Crippen LogP contribution in [0, 0.1) is 17.0 Å². The number of nitro groups is 1. The summed E-state index contributed by atoms with van der Waals surface area (Å²) in [5.74, 6) is -0.404. The van der Waals surface area contributed by atoms with Gasteiger partial charge in [-0.2, -0.15) is 5.10 Å². The second-order valence-electron chi connectivity index (χ2n) is 6.71. The van der Waals surface area contributed by atoms with Gasteiger partial charge in [0.2, 0.25) is 5.43 Å². The molecule has 0 saturated carbocycles. The Balaban J connectivity index is 2.09. The summed E-state index contributed by atoms with van der Waals surface area (Å²) >= 11 is 0. The fraction of sp³-hybridized carbons (Fsp3) is 0.421. The second-order valence-corrected chi connectivity index (χ2v) is 6.71. The monoisotopic (exact) mass is 370 g/mol. The van der Waals surface area contributed by atoms with Gasteiger partial charge in [-0.1, -0.05) is 19.1 Å². The van der Waals surface area contributed by atoms with Gasteiger partial charge in [0.15, 0.2) is 5.69 Å². The Hall–Kier alpha value is -3.03. The molecule has 0 aliphatic carbocycles. The zero-order valence-electron chi connectivity index (χ0n) is 15.4. The van der Waals surface area contributed by atoms with Crippen LogP contribution in [0.4, 0.5) is 5.69 Å². The number of likely N-dealkylation sites (tertiary alicyclic amines) is 1. The lowest BCUT2D eigenvalue weighted by Gasteiger charge is -2.34. The molecule has 1 saturated heterocycles. The minimum absolute atomic E-state index is 0.0910. The maximum Gasteiger partial charge on any atom is 0.294 e. The smallest absolute Gasteiger partial charge is 0.294 e. The van der Waals surface area contributed by atoms with E-state index in [1.807, 2.05) is 6.92 Å². The predicted molar refractivity (Wildman–Crippen MR) is 100 cm³/mol. The molecule has 1 aliphatic heterocycles. The molecule has 1 aliphatic rings. The molecular weight excluding hydrogens is 348 g/mol. The van der Waals surface area contributed by atoms with E-state index in [1.165, 1.54) is 16.8 Å². The highest BCUT2D eigenvalue weighted by Crippen LogP contribution is 2.23. The fourth-order valence-corrected chi connectivity index (χ4v) is 3.57. The molecule has 1 unspecified atom stereocenters. The molecule has 0 radical (unpaired) electrons. The summed E-state index contributed by atoms with van der Waals surface area (Å²) in [4.78, 5) is 38.0. The minimum Gasteiger partial charge on any atom is -0.334 e. The normalized spacial score (nSPS) is 17.0. The van der Waals surface area contributed by atoms with Gasteiger partial charge >= 0.3 is 0 Å². The van der Waals surface area contributed by atoms with Crippen molar-refractivity contribution in [2.24, 2.45) is 0 Å². The molecular formula is C19H22N4O4. The number of rotatable bonds is 4. The predicted octanol–water partition coefficient (Wildman–Crippen LogP) is 2.85. The third-order valence-corrected chi connectivity index (χ3v) is 4.98. The van der Waals surface area contributed by atoms with Crippen LogP contribution in [-0.2, 0) is 0 Å². The Labute approximate surface area is 156 Å².